The van der Waals surface area contributed by atoms with Crippen LogP contribution in [0.2, 0.25) is 0 Å². The maximum atomic E-state index is 12.4. The predicted octanol–water partition coefficient (Wildman–Crippen LogP) is 1.73. The zero-order valence-electron chi connectivity index (χ0n) is 13.5. The first-order valence-corrected chi connectivity index (χ1v) is 7.89. The Hall–Kier alpha value is -1.88. The van der Waals surface area contributed by atoms with Crippen molar-refractivity contribution in [2.24, 2.45) is 0 Å². The van der Waals surface area contributed by atoms with Gasteiger partial charge in [-0.2, -0.15) is 0 Å². The molecule has 0 saturated carbocycles. The van der Waals surface area contributed by atoms with Crippen molar-refractivity contribution in [3.05, 3.63) is 29.3 Å². The fourth-order valence-electron chi connectivity index (χ4n) is 2.72. The van der Waals surface area contributed by atoms with Gasteiger partial charge in [-0.1, -0.05) is 0 Å². The van der Waals surface area contributed by atoms with Crippen molar-refractivity contribution >= 4 is 17.4 Å². The molecule has 1 heterocycles. The second-order valence-electron chi connectivity index (χ2n) is 6.00. The van der Waals surface area contributed by atoms with Crippen LogP contribution in [0.4, 0.5) is 5.69 Å². The molecule has 1 amide bonds. The fourth-order valence-corrected chi connectivity index (χ4v) is 2.72. The number of carbonyl (C=O) groups is 2. The van der Waals surface area contributed by atoms with Crippen LogP contribution in [-0.2, 0) is 11.2 Å². The lowest BCUT2D eigenvalue weighted by molar-refractivity contribution is -0.118. The molecule has 1 aliphatic rings. The summed E-state index contributed by atoms with van der Waals surface area (Å²) in [6.45, 7) is 6.86. The summed E-state index contributed by atoms with van der Waals surface area (Å²) in [5.74, 6) is 0.0898. The number of carbonyl (C=O) groups excluding carboxylic acids is 2. The lowest BCUT2D eigenvalue weighted by Gasteiger charge is -2.13. The van der Waals surface area contributed by atoms with E-state index in [-0.39, 0.29) is 17.7 Å². The number of amides is 1. The Labute approximate surface area is 131 Å². The summed E-state index contributed by atoms with van der Waals surface area (Å²) >= 11 is 0. The Morgan fingerprint density at radius 2 is 2.14 bits per heavy atom. The zero-order chi connectivity index (χ0) is 16.1. The van der Waals surface area contributed by atoms with E-state index in [4.69, 9.17) is 0 Å². The first kappa shape index (κ1) is 16.5. The molecule has 3 N–H and O–H groups in total. The van der Waals surface area contributed by atoms with Gasteiger partial charge in [0.05, 0.1) is 6.04 Å². The molecule has 2 rings (SSSR count). The first-order valence-electron chi connectivity index (χ1n) is 7.89. The maximum Gasteiger partial charge on any atom is 0.216 e. The largest absolute Gasteiger partial charge is 0.382 e. The second-order valence-corrected chi connectivity index (χ2v) is 6.00. The number of fused-ring (bicyclic) bond motifs is 1. The van der Waals surface area contributed by atoms with Gasteiger partial charge in [0.25, 0.3) is 0 Å². The van der Waals surface area contributed by atoms with Gasteiger partial charge >= 0.3 is 0 Å². The van der Waals surface area contributed by atoms with Crippen LogP contribution in [0.5, 0.6) is 0 Å². The summed E-state index contributed by atoms with van der Waals surface area (Å²) in [7, 11) is 0. The molecule has 0 bridgehead atoms. The van der Waals surface area contributed by atoms with Gasteiger partial charge in [-0.3, -0.25) is 9.59 Å². The van der Waals surface area contributed by atoms with Gasteiger partial charge < -0.3 is 16.0 Å². The molecule has 1 aromatic carbocycles. The summed E-state index contributed by atoms with van der Waals surface area (Å²) in [6.07, 6.45) is 1.78. The summed E-state index contributed by atoms with van der Waals surface area (Å²) in [5, 5.41) is 9.35. The SMILES string of the molecule is CC(=O)NCCCNC(C)C(=O)c1ccc2c(c1)CC(C)N2. The lowest BCUT2D eigenvalue weighted by atomic mass is 10.0. The van der Waals surface area contributed by atoms with Crippen LogP contribution in [-0.4, -0.2) is 36.9 Å². The van der Waals surface area contributed by atoms with Crippen LogP contribution in [0.1, 0.15) is 43.1 Å². The summed E-state index contributed by atoms with van der Waals surface area (Å²) in [4.78, 5) is 23.2. The quantitative estimate of drug-likeness (QED) is 0.530. The third-order valence-corrected chi connectivity index (χ3v) is 3.89. The molecular weight excluding hydrogens is 278 g/mol. The molecular formula is C17H25N3O2. The van der Waals surface area contributed by atoms with Crippen LogP contribution in [0.25, 0.3) is 0 Å². The number of rotatable bonds is 7. The van der Waals surface area contributed by atoms with Crippen LogP contribution in [0, 0.1) is 0 Å². The number of nitrogens with one attached hydrogen (secondary N) is 3. The van der Waals surface area contributed by atoms with Gasteiger partial charge in [-0.15, -0.1) is 0 Å². The van der Waals surface area contributed by atoms with Crippen LogP contribution in [0.15, 0.2) is 18.2 Å². The fraction of sp³-hybridized carbons (Fsp3) is 0.529. The van der Waals surface area contributed by atoms with Gasteiger partial charge in [0.15, 0.2) is 5.78 Å². The van der Waals surface area contributed by atoms with Gasteiger partial charge in [-0.25, -0.2) is 0 Å². The average molecular weight is 303 g/mol. The molecule has 2 atom stereocenters. The highest BCUT2D eigenvalue weighted by molar-refractivity contribution is 6.00. The number of ketones is 1. The average Bonchev–Trinajstić information content (AvgIpc) is 2.84. The van der Waals surface area contributed by atoms with Crippen molar-refractivity contribution in [3.8, 4) is 0 Å². The molecule has 0 aromatic heterocycles. The monoisotopic (exact) mass is 303 g/mol. The molecule has 0 aliphatic carbocycles. The molecule has 0 radical (unpaired) electrons. The summed E-state index contributed by atoms with van der Waals surface area (Å²) < 4.78 is 0. The molecule has 0 fully saturated rings. The number of Topliss-reactive ketones (excluding diaryl/α,β-unsaturated/α-hetero) is 1. The lowest BCUT2D eigenvalue weighted by Crippen LogP contribution is -2.36. The highest BCUT2D eigenvalue weighted by Crippen LogP contribution is 2.26. The van der Waals surface area contributed by atoms with E-state index in [2.05, 4.69) is 22.9 Å². The van der Waals surface area contributed by atoms with E-state index in [9.17, 15) is 9.59 Å². The molecule has 1 aromatic rings. The van der Waals surface area contributed by atoms with Gasteiger partial charge in [-0.05, 0) is 57.0 Å². The Morgan fingerprint density at radius 1 is 1.36 bits per heavy atom. The minimum Gasteiger partial charge on any atom is -0.382 e. The third kappa shape index (κ3) is 4.31. The predicted molar refractivity (Wildman–Crippen MR) is 88.3 cm³/mol. The van der Waals surface area contributed by atoms with Gasteiger partial charge in [0, 0.05) is 30.8 Å². The van der Waals surface area contributed by atoms with E-state index in [0.717, 1.165) is 24.1 Å². The zero-order valence-corrected chi connectivity index (χ0v) is 13.5. The van der Waals surface area contributed by atoms with Crippen LogP contribution in [0.3, 0.4) is 0 Å². The Bertz CT molecular complexity index is 557. The highest BCUT2D eigenvalue weighted by atomic mass is 16.1. The minimum absolute atomic E-state index is 0.0231. The number of hydrogen-bond acceptors (Lipinski definition) is 4. The Balaban J connectivity index is 1.83. The van der Waals surface area contributed by atoms with Gasteiger partial charge in [0.1, 0.15) is 0 Å². The maximum absolute atomic E-state index is 12.4. The molecule has 0 spiro atoms. The van der Waals surface area contributed by atoms with E-state index in [1.807, 2.05) is 25.1 Å². The number of benzene rings is 1. The van der Waals surface area contributed by atoms with E-state index in [1.165, 1.54) is 12.5 Å². The minimum atomic E-state index is -0.220. The third-order valence-electron chi connectivity index (χ3n) is 3.89. The molecule has 120 valence electrons. The number of hydrogen-bond donors (Lipinski definition) is 3. The summed E-state index contributed by atoms with van der Waals surface area (Å²) in [5.41, 5.74) is 3.12. The second kappa shape index (κ2) is 7.40. The van der Waals surface area contributed by atoms with Crippen LogP contribution >= 0.6 is 0 Å². The topological polar surface area (TPSA) is 70.2 Å². The molecule has 5 nitrogen and oxygen atoms in total. The van der Waals surface area contributed by atoms with Crippen molar-refractivity contribution in [1.29, 1.82) is 0 Å². The van der Waals surface area contributed by atoms with Crippen molar-refractivity contribution in [2.75, 3.05) is 18.4 Å². The summed E-state index contributed by atoms with van der Waals surface area (Å²) in [6, 6.07) is 6.10. The van der Waals surface area contributed by atoms with E-state index >= 15 is 0 Å². The normalized spacial score (nSPS) is 17.5. The number of anilines is 1. The Kier molecular flexibility index (Phi) is 5.55. The molecule has 5 heteroatoms. The molecule has 1 aliphatic heterocycles. The molecule has 22 heavy (non-hydrogen) atoms. The molecule has 0 saturated heterocycles. The molecule has 2 unspecified atom stereocenters. The van der Waals surface area contributed by atoms with Gasteiger partial charge in [0.2, 0.25) is 5.91 Å². The smallest absolute Gasteiger partial charge is 0.216 e. The highest BCUT2D eigenvalue weighted by Gasteiger charge is 2.20. The van der Waals surface area contributed by atoms with Crippen molar-refractivity contribution in [2.45, 2.75) is 45.7 Å². The van der Waals surface area contributed by atoms with Crippen molar-refractivity contribution in [1.82, 2.24) is 10.6 Å². The van der Waals surface area contributed by atoms with Crippen molar-refractivity contribution < 1.29 is 9.59 Å². The van der Waals surface area contributed by atoms with Crippen molar-refractivity contribution in [3.63, 3.8) is 0 Å². The van der Waals surface area contributed by atoms with E-state index < -0.39 is 0 Å². The van der Waals surface area contributed by atoms with E-state index in [0.29, 0.717) is 19.1 Å². The first-order chi connectivity index (χ1) is 10.5. The standard InChI is InChI=1S/C17H25N3O2/c1-11-9-15-10-14(5-6-16(15)20-11)17(22)12(2)18-7-4-8-19-13(3)21/h5-6,10-12,18,20H,4,7-9H2,1-3H3,(H,19,21). The Morgan fingerprint density at radius 3 is 2.86 bits per heavy atom. The van der Waals surface area contributed by atoms with E-state index in [1.54, 1.807) is 0 Å². The van der Waals surface area contributed by atoms with Crippen LogP contribution < -0.4 is 16.0 Å².